The molecule has 1 unspecified atom stereocenters. The zero-order valence-corrected chi connectivity index (χ0v) is 13.6. The highest BCUT2D eigenvalue weighted by Crippen LogP contribution is 2.34. The lowest BCUT2D eigenvalue weighted by Crippen LogP contribution is -2.18. The second kappa shape index (κ2) is 6.14. The molecule has 0 radical (unpaired) electrons. The highest BCUT2D eigenvalue weighted by Gasteiger charge is 2.18. The van der Waals surface area contributed by atoms with E-state index in [4.69, 9.17) is 11.6 Å². The lowest BCUT2D eigenvalue weighted by molar-refractivity contribution is 0.604. The van der Waals surface area contributed by atoms with Crippen molar-refractivity contribution >= 4 is 33.8 Å². The average molecular weight is 317 g/mol. The number of thiophene rings is 1. The first-order valence-corrected chi connectivity index (χ1v) is 8.20. The minimum absolute atomic E-state index is 0.224. The van der Waals surface area contributed by atoms with E-state index >= 15 is 0 Å². The van der Waals surface area contributed by atoms with Gasteiger partial charge < -0.3 is 5.32 Å². The fourth-order valence-corrected chi connectivity index (χ4v) is 4.00. The Balaban J connectivity index is 1.98. The number of hydrogen-bond acceptors (Lipinski definition) is 3. The van der Waals surface area contributed by atoms with Gasteiger partial charge in [-0.25, -0.2) is 0 Å². The molecule has 0 aliphatic carbocycles. The van der Waals surface area contributed by atoms with Crippen LogP contribution in [0.4, 0.5) is 0 Å². The van der Waals surface area contributed by atoms with Crippen molar-refractivity contribution in [2.45, 2.75) is 19.4 Å². The number of halogens is 1. The molecule has 2 aromatic heterocycles. The number of pyridine rings is 1. The fraction of sp³-hybridized carbons (Fsp3) is 0.235. The number of nitrogens with one attached hydrogen (secondary N) is 1. The summed E-state index contributed by atoms with van der Waals surface area (Å²) in [4.78, 5) is 5.63. The first-order chi connectivity index (χ1) is 10.2. The van der Waals surface area contributed by atoms with E-state index in [1.807, 2.05) is 19.3 Å². The van der Waals surface area contributed by atoms with Crippen LogP contribution < -0.4 is 5.32 Å². The molecule has 2 heterocycles. The Morgan fingerprint density at radius 1 is 1.29 bits per heavy atom. The van der Waals surface area contributed by atoms with Gasteiger partial charge in [0, 0.05) is 22.5 Å². The van der Waals surface area contributed by atoms with Gasteiger partial charge in [0.2, 0.25) is 0 Å². The molecule has 0 aliphatic heterocycles. The Morgan fingerprint density at radius 2 is 2.10 bits per heavy atom. The normalized spacial score (nSPS) is 12.7. The lowest BCUT2D eigenvalue weighted by atomic mass is 10.0. The minimum Gasteiger partial charge on any atom is -0.312 e. The van der Waals surface area contributed by atoms with Gasteiger partial charge in [-0.15, -0.1) is 11.3 Å². The molecule has 3 aromatic rings. The van der Waals surface area contributed by atoms with E-state index in [-0.39, 0.29) is 6.04 Å². The van der Waals surface area contributed by atoms with Crippen LogP contribution in [-0.4, -0.2) is 12.0 Å². The molecule has 0 saturated heterocycles. The van der Waals surface area contributed by atoms with Gasteiger partial charge in [-0.2, -0.15) is 0 Å². The summed E-state index contributed by atoms with van der Waals surface area (Å²) in [6.45, 7) is 2.05. The van der Waals surface area contributed by atoms with Crippen LogP contribution in [0.3, 0.4) is 0 Å². The predicted molar refractivity (Wildman–Crippen MR) is 91.3 cm³/mol. The highest BCUT2D eigenvalue weighted by molar-refractivity contribution is 7.10. The molecule has 0 aliphatic rings. The van der Waals surface area contributed by atoms with Gasteiger partial charge in [0.25, 0.3) is 0 Å². The van der Waals surface area contributed by atoms with E-state index in [0.717, 1.165) is 22.5 Å². The van der Waals surface area contributed by atoms with Crippen LogP contribution in [0.5, 0.6) is 0 Å². The Morgan fingerprint density at radius 3 is 2.81 bits per heavy atom. The quantitative estimate of drug-likeness (QED) is 0.750. The zero-order chi connectivity index (χ0) is 14.8. The summed E-state index contributed by atoms with van der Waals surface area (Å²) in [5, 5.41) is 7.61. The van der Waals surface area contributed by atoms with Crippen molar-refractivity contribution in [2.24, 2.45) is 0 Å². The molecule has 1 aromatic carbocycles. The zero-order valence-electron chi connectivity index (χ0n) is 12.1. The first-order valence-electron chi connectivity index (χ1n) is 6.94. The summed E-state index contributed by atoms with van der Waals surface area (Å²) in [5.41, 5.74) is 3.48. The van der Waals surface area contributed by atoms with Crippen molar-refractivity contribution in [1.82, 2.24) is 10.3 Å². The number of fused-ring (bicyclic) bond motifs is 1. The Hall–Kier alpha value is -1.42. The summed E-state index contributed by atoms with van der Waals surface area (Å²) in [7, 11) is 1.99. The molecule has 0 bridgehead atoms. The monoisotopic (exact) mass is 316 g/mol. The van der Waals surface area contributed by atoms with Crippen molar-refractivity contribution in [3.8, 4) is 0 Å². The number of benzene rings is 1. The van der Waals surface area contributed by atoms with Gasteiger partial charge >= 0.3 is 0 Å². The molecular formula is C17H17ClN2S. The number of likely N-dealkylation sites (N-methyl/N-ethyl adjacent to an activating group) is 1. The maximum Gasteiger partial charge on any atom is 0.0704 e. The van der Waals surface area contributed by atoms with Crippen LogP contribution in [0, 0.1) is 6.92 Å². The van der Waals surface area contributed by atoms with Crippen molar-refractivity contribution in [1.29, 1.82) is 0 Å². The smallest absolute Gasteiger partial charge is 0.0704 e. The minimum atomic E-state index is 0.224. The SMILES string of the molecule is CNC(Cc1ccnc2ccccc12)c1scc(C)c1Cl. The molecule has 0 spiro atoms. The largest absolute Gasteiger partial charge is 0.312 e. The van der Waals surface area contributed by atoms with E-state index in [9.17, 15) is 0 Å². The third-order valence-electron chi connectivity index (χ3n) is 3.75. The summed E-state index contributed by atoms with van der Waals surface area (Å²) in [6.07, 6.45) is 2.78. The summed E-state index contributed by atoms with van der Waals surface area (Å²) in [6, 6.07) is 10.6. The lowest BCUT2D eigenvalue weighted by Gasteiger charge is -2.16. The van der Waals surface area contributed by atoms with Gasteiger partial charge in [0.05, 0.1) is 10.5 Å². The van der Waals surface area contributed by atoms with Crippen molar-refractivity contribution in [3.05, 3.63) is 62.9 Å². The van der Waals surface area contributed by atoms with Gasteiger partial charge in [-0.3, -0.25) is 4.98 Å². The second-order valence-corrected chi connectivity index (χ2v) is 6.42. The number of nitrogens with zero attached hydrogens (tertiary/aromatic N) is 1. The predicted octanol–water partition coefficient (Wildman–Crippen LogP) is 4.76. The maximum atomic E-state index is 6.42. The third-order valence-corrected chi connectivity index (χ3v) is 5.58. The summed E-state index contributed by atoms with van der Waals surface area (Å²) in [5.74, 6) is 0. The van der Waals surface area contributed by atoms with Gasteiger partial charge in [0.1, 0.15) is 0 Å². The molecule has 0 saturated carbocycles. The number of rotatable bonds is 4. The number of aromatic nitrogens is 1. The van der Waals surface area contributed by atoms with E-state index in [1.54, 1.807) is 11.3 Å². The molecule has 108 valence electrons. The molecule has 2 nitrogen and oxygen atoms in total. The molecule has 0 amide bonds. The fourth-order valence-electron chi connectivity index (χ4n) is 2.56. The molecule has 0 fully saturated rings. The first kappa shape index (κ1) is 14.5. The Labute approximate surface area is 133 Å². The number of hydrogen-bond donors (Lipinski definition) is 1. The van der Waals surface area contributed by atoms with E-state index in [1.165, 1.54) is 15.8 Å². The van der Waals surface area contributed by atoms with Crippen molar-refractivity contribution in [3.63, 3.8) is 0 Å². The molecule has 21 heavy (non-hydrogen) atoms. The molecular weight excluding hydrogens is 300 g/mol. The summed E-state index contributed by atoms with van der Waals surface area (Å²) < 4.78 is 0. The maximum absolute atomic E-state index is 6.42. The Kier molecular flexibility index (Phi) is 4.24. The van der Waals surface area contributed by atoms with Crippen LogP contribution in [0.1, 0.15) is 22.0 Å². The van der Waals surface area contributed by atoms with E-state index < -0.39 is 0 Å². The molecule has 4 heteroatoms. The van der Waals surface area contributed by atoms with Gasteiger partial charge in [0.15, 0.2) is 0 Å². The molecule has 3 rings (SSSR count). The average Bonchev–Trinajstić information content (AvgIpc) is 2.85. The molecule has 1 N–H and O–H groups in total. The molecule has 1 atom stereocenters. The van der Waals surface area contributed by atoms with E-state index in [2.05, 4.69) is 46.9 Å². The van der Waals surface area contributed by atoms with Crippen molar-refractivity contribution in [2.75, 3.05) is 7.05 Å². The number of aryl methyl sites for hydroxylation is 1. The van der Waals surface area contributed by atoms with Gasteiger partial charge in [-0.1, -0.05) is 29.8 Å². The van der Waals surface area contributed by atoms with Crippen LogP contribution in [0.25, 0.3) is 10.9 Å². The number of para-hydroxylation sites is 1. The van der Waals surface area contributed by atoms with E-state index in [0.29, 0.717) is 0 Å². The second-order valence-electron chi connectivity index (χ2n) is 5.13. The third kappa shape index (κ3) is 2.82. The van der Waals surface area contributed by atoms with Crippen molar-refractivity contribution < 1.29 is 0 Å². The Bertz CT molecular complexity index is 761. The topological polar surface area (TPSA) is 24.9 Å². The van der Waals surface area contributed by atoms with Crippen LogP contribution >= 0.6 is 22.9 Å². The highest BCUT2D eigenvalue weighted by atomic mass is 35.5. The summed E-state index contributed by atoms with van der Waals surface area (Å²) >= 11 is 8.15. The standard InChI is InChI=1S/C17H17ClN2S/c1-11-10-21-17(16(11)18)15(19-2)9-12-7-8-20-14-6-4-3-5-13(12)14/h3-8,10,15,19H,9H2,1-2H3. The van der Waals surface area contributed by atoms with Gasteiger partial charge in [-0.05, 0) is 49.0 Å². The van der Waals surface area contributed by atoms with Crippen LogP contribution in [-0.2, 0) is 6.42 Å². The van der Waals surface area contributed by atoms with Crippen LogP contribution in [0.2, 0.25) is 5.02 Å². The van der Waals surface area contributed by atoms with Crippen LogP contribution in [0.15, 0.2) is 41.9 Å².